The normalized spacial score (nSPS) is 13.6. The molecule has 4 atom stereocenters. The number of amides is 3. The molecule has 3 rings (SSSR count). The van der Waals surface area contributed by atoms with E-state index in [4.69, 9.17) is 13.7 Å². The van der Waals surface area contributed by atoms with Crippen molar-refractivity contribution in [1.29, 1.82) is 0 Å². The van der Waals surface area contributed by atoms with Crippen LogP contribution >= 0.6 is 34.4 Å². The highest BCUT2D eigenvalue weighted by Crippen LogP contribution is 2.26. The highest BCUT2D eigenvalue weighted by molar-refractivity contribution is 14.1. The number of phenols is 1. The van der Waals surface area contributed by atoms with Gasteiger partial charge in [-0.2, -0.15) is 8.42 Å². The summed E-state index contributed by atoms with van der Waals surface area (Å²) in [6.45, 7) is 5.10. The first-order valence-corrected chi connectivity index (χ1v) is 21.6. The van der Waals surface area contributed by atoms with Crippen LogP contribution < -0.4 is 20.7 Å². The summed E-state index contributed by atoms with van der Waals surface area (Å²) in [6.07, 6.45) is -2.50. The van der Waals surface area contributed by atoms with Gasteiger partial charge in [-0.25, -0.2) is 9.59 Å². The molecule has 19 heteroatoms. The summed E-state index contributed by atoms with van der Waals surface area (Å²) in [6, 6.07) is 15.4. The van der Waals surface area contributed by atoms with Crippen molar-refractivity contribution in [2.45, 2.75) is 75.8 Å². The Morgan fingerprint density at radius 2 is 1.48 bits per heavy atom. The minimum atomic E-state index is -4.19. The van der Waals surface area contributed by atoms with Gasteiger partial charge in [-0.1, -0.05) is 69.3 Å². The number of thioether (sulfide) groups is 1. The van der Waals surface area contributed by atoms with Gasteiger partial charge in [0.05, 0.1) is 35.5 Å². The molecule has 6 N–H and O–H groups in total. The van der Waals surface area contributed by atoms with Crippen LogP contribution in [0, 0.1) is 8.99 Å². The molecule has 0 spiro atoms. The van der Waals surface area contributed by atoms with E-state index in [1.54, 1.807) is 81.4 Å². The van der Waals surface area contributed by atoms with Crippen LogP contribution in [0.4, 0.5) is 4.79 Å². The summed E-state index contributed by atoms with van der Waals surface area (Å²) in [5, 5.41) is 35.2. The molecule has 0 bridgehead atoms. The first-order chi connectivity index (χ1) is 27.2. The van der Waals surface area contributed by atoms with E-state index in [-0.39, 0.29) is 37.6 Å². The Labute approximate surface area is 355 Å². The zero-order valence-electron chi connectivity index (χ0n) is 32.3. The van der Waals surface area contributed by atoms with Gasteiger partial charge in [-0.15, -0.1) is 11.8 Å². The number of rotatable bonds is 22. The fourth-order valence-corrected chi connectivity index (χ4v) is 8.11. The third-order valence-electron chi connectivity index (χ3n) is 8.16. The summed E-state index contributed by atoms with van der Waals surface area (Å²) < 4.78 is 42.6. The molecule has 16 nitrogen and oxygen atoms in total. The number of halogens is 1. The lowest BCUT2D eigenvalue weighted by Crippen LogP contribution is -2.57. The second kappa shape index (κ2) is 22.5. The lowest BCUT2D eigenvalue weighted by Gasteiger charge is -2.29. The Morgan fingerprint density at radius 3 is 2.07 bits per heavy atom. The second-order valence-corrected chi connectivity index (χ2v) is 18.4. The van der Waals surface area contributed by atoms with Crippen LogP contribution in [0.1, 0.15) is 50.3 Å². The fraction of sp³-hybridized carbons (Fsp3) is 0.410. The van der Waals surface area contributed by atoms with Crippen molar-refractivity contribution in [2.75, 3.05) is 19.5 Å². The van der Waals surface area contributed by atoms with Gasteiger partial charge in [-0.3, -0.25) is 18.6 Å². The van der Waals surface area contributed by atoms with Crippen molar-refractivity contribution < 1.29 is 61.4 Å². The molecule has 3 amide bonds. The standard InChI is InChI=1S/C39H48IN3O13S2/c1-39(2,3)23-56-58(52,53)17-16-29(43-38(51)55-21-24-8-6-5-7-9-24)34(57-22-25-10-13-27(54-4)14-11-25)36(48)41-30(19-26-12-15-32(44)28(40)18-26)35(47)42-31(37(49)50)20-33(45)46/h5-15,18,29-31,34,44H,16-17,19-23H2,1-4H3,(H,41,48)(H,42,47)(H,43,51)(H,45,46)(H,49,50)/t29-,30+,31+,34?/m1/s1. The minimum absolute atomic E-state index is 0.0497. The molecule has 0 aromatic heterocycles. The number of ether oxygens (including phenoxy) is 2. The van der Waals surface area contributed by atoms with Gasteiger partial charge in [-0.05, 0) is 75.4 Å². The van der Waals surface area contributed by atoms with Crippen LogP contribution in [0.5, 0.6) is 11.5 Å². The fourth-order valence-electron chi connectivity index (χ4n) is 5.12. The lowest BCUT2D eigenvalue weighted by atomic mass is 9.99. The summed E-state index contributed by atoms with van der Waals surface area (Å²) in [5.41, 5.74) is 1.33. The number of aliphatic carboxylic acids is 2. The molecule has 0 saturated carbocycles. The highest BCUT2D eigenvalue weighted by Gasteiger charge is 2.36. The summed E-state index contributed by atoms with van der Waals surface area (Å²) in [5.74, 6) is -4.94. The van der Waals surface area contributed by atoms with Gasteiger partial charge in [0, 0.05) is 12.2 Å². The number of alkyl carbamates (subject to hydrolysis) is 1. The Kier molecular flexibility index (Phi) is 18.6. The first kappa shape index (κ1) is 47.8. The van der Waals surface area contributed by atoms with Crippen molar-refractivity contribution in [1.82, 2.24) is 16.0 Å². The third-order valence-corrected chi connectivity index (χ3v) is 11.6. The number of carbonyl (C=O) groups excluding carboxylic acids is 3. The minimum Gasteiger partial charge on any atom is -0.507 e. The monoisotopic (exact) mass is 957 g/mol. The second-order valence-electron chi connectivity index (χ2n) is 14.3. The number of benzene rings is 3. The molecule has 0 radical (unpaired) electrons. The number of nitrogens with one attached hydrogen (secondary N) is 3. The molecule has 0 fully saturated rings. The van der Waals surface area contributed by atoms with Crippen molar-refractivity contribution in [3.63, 3.8) is 0 Å². The van der Waals surface area contributed by atoms with Crippen molar-refractivity contribution in [3.8, 4) is 11.5 Å². The van der Waals surface area contributed by atoms with E-state index in [0.717, 1.165) is 17.3 Å². The number of phenolic OH excluding ortho intramolecular Hbond substituents is 1. The van der Waals surface area contributed by atoms with Gasteiger partial charge in [0.1, 0.15) is 35.4 Å². The largest absolute Gasteiger partial charge is 0.507 e. The zero-order chi connectivity index (χ0) is 43.0. The number of carboxylic acids is 2. The number of methoxy groups -OCH3 is 1. The average Bonchev–Trinajstić information content (AvgIpc) is 3.16. The van der Waals surface area contributed by atoms with E-state index < -0.39 is 80.9 Å². The van der Waals surface area contributed by atoms with Crippen molar-refractivity contribution in [3.05, 3.63) is 93.1 Å². The van der Waals surface area contributed by atoms with E-state index in [0.29, 0.717) is 20.4 Å². The van der Waals surface area contributed by atoms with Crippen molar-refractivity contribution >= 4 is 74.3 Å². The molecule has 1 unspecified atom stereocenters. The van der Waals surface area contributed by atoms with Crippen LogP contribution in [0.3, 0.4) is 0 Å². The number of aromatic hydroxyl groups is 1. The molecule has 0 saturated heterocycles. The molecule has 0 aliphatic carbocycles. The van der Waals surface area contributed by atoms with Gasteiger partial charge < -0.3 is 40.7 Å². The summed E-state index contributed by atoms with van der Waals surface area (Å²) in [7, 11) is -2.68. The molecule has 0 aliphatic heterocycles. The number of hydrogen-bond acceptors (Lipinski definition) is 12. The molecule has 58 heavy (non-hydrogen) atoms. The molecule has 0 heterocycles. The zero-order valence-corrected chi connectivity index (χ0v) is 36.1. The Bertz CT molecular complexity index is 1980. The molecular formula is C39H48IN3O13S2. The smallest absolute Gasteiger partial charge is 0.407 e. The molecule has 0 aliphatic rings. The first-order valence-electron chi connectivity index (χ1n) is 17.9. The Balaban J connectivity index is 2.04. The topological polar surface area (TPSA) is 244 Å². The SMILES string of the molecule is COc1ccc(CSC(C(=O)N[C@@H](Cc2ccc(O)c(I)c2)C(=O)N[C@@H](CC(=O)O)C(=O)O)[C@@H](CCS(=O)(=O)OCC(C)(C)C)NC(=O)OCc2ccccc2)cc1. The van der Waals surface area contributed by atoms with Crippen LogP contribution in [0.25, 0.3) is 0 Å². The van der Waals surface area contributed by atoms with Crippen molar-refractivity contribution in [2.24, 2.45) is 5.41 Å². The summed E-state index contributed by atoms with van der Waals surface area (Å²) in [4.78, 5) is 64.9. The third kappa shape index (κ3) is 17.1. The Hall–Kier alpha value is -4.60. The van der Waals surface area contributed by atoms with Gasteiger partial charge in [0.25, 0.3) is 10.1 Å². The van der Waals surface area contributed by atoms with Gasteiger partial charge in [0.2, 0.25) is 11.8 Å². The van der Waals surface area contributed by atoms with E-state index >= 15 is 0 Å². The van der Waals surface area contributed by atoms with Gasteiger partial charge >= 0.3 is 18.0 Å². The van der Waals surface area contributed by atoms with Crippen LogP contribution in [-0.4, -0.2) is 96.4 Å². The lowest BCUT2D eigenvalue weighted by molar-refractivity contribution is -0.147. The molecule has 3 aromatic carbocycles. The number of hydrogen-bond donors (Lipinski definition) is 6. The summed E-state index contributed by atoms with van der Waals surface area (Å²) >= 11 is 2.89. The number of carbonyl (C=O) groups is 5. The number of carboxylic acid groups (broad SMARTS) is 2. The predicted octanol–water partition coefficient (Wildman–Crippen LogP) is 4.46. The maximum atomic E-state index is 14.5. The van der Waals surface area contributed by atoms with E-state index in [1.165, 1.54) is 19.2 Å². The quantitative estimate of drug-likeness (QED) is 0.0602. The molecule has 3 aromatic rings. The van der Waals surface area contributed by atoms with E-state index in [2.05, 4.69) is 16.0 Å². The van der Waals surface area contributed by atoms with E-state index in [9.17, 15) is 47.7 Å². The Morgan fingerprint density at radius 1 is 0.845 bits per heavy atom. The van der Waals surface area contributed by atoms with E-state index in [1.807, 2.05) is 22.6 Å². The molecular weight excluding hydrogens is 909 g/mol. The van der Waals surface area contributed by atoms with Crippen LogP contribution in [0.2, 0.25) is 0 Å². The average molecular weight is 958 g/mol. The molecule has 316 valence electrons. The maximum absolute atomic E-state index is 14.5. The maximum Gasteiger partial charge on any atom is 0.407 e. The van der Waals surface area contributed by atoms with Crippen LogP contribution in [0.15, 0.2) is 72.8 Å². The predicted molar refractivity (Wildman–Crippen MR) is 224 cm³/mol. The van der Waals surface area contributed by atoms with Gasteiger partial charge in [0.15, 0.2) is 0 Å². The van der Waals surface area contributed by atoms with Crippen LogP contribution in [-0.2, 0) is 57.0 Å². The highest BCUT2D eigenvalue weighted by atomic mass is 127.